The predicted octanol–water partition coefficient (Wildman–Crippen LogP) is 0.816. The number of nitrogens with one attached hydrogen (secondary N) is 1. The van der Waals surface area contributed by atoms with Gasteiger partial charge in [0.1, 0.15) is 0 Å². The Hall–Kier alpha value is -0.610. The second kappa shape index (κ2) is 5.15. The highest BCUT2D eigenvalue weighted by Crippen LogP contribution is 2.17. The fourth-order valence-electron chi connectivity index (χ4n) is 0.965. The Morgan fingerprint density at radius 3 is 2.00 bits per heavy atom. The molecule has 1 amide bonds. The van der Waals surface area contributed by atoms with Crippen molar-refractivity contribution in [2.45, 2.75) is 46.2 Å². The van der Waals surface area contributed by atoms with E-state index < -0.39 is 6.04 Å². The summed E-state index contributed by atoms with van der Waals surface area (Å²) in [6.45, 7) is 10.7. The van der Waals surface area contributed by atoms with Crippen LogP contribution in [0.15, 0.2) is 0 Å². The van der Waals surface area contributed by atoms with Gasteiger partial charge in [0.05, 0.1) is 6.04 Å². The Balaban J connectivity index is 4.29. The van der Waals surface area contributed by atoms with Gasteiger partial charge in [-0.1, -0.05) is 20.8 Å². The molecule has 0 aliphatic rings. The zero-order valence-corrected chi connectivity index (χ0v) is 11.7. The summed E-state index contributed by atoms with van der Waals surface area (Å²) in [5.41, 5.74) is 5.61. The second-order valence-electron chi connectivity index (χ2n) is 6.27. The molecule has 0 aliphatic heterocycles. The van der Waals surface area contributed by atoms with E-state index in [0.29, 0.717) is 6.54 Å². The number of hydrogen-bond donors (Lipinski definition) is 2. The summed E-state index contributed by atoms with van der Waals surface area (Å²) in [5.74, 6) is -0.0811. The van der Waals surface area contributed by atoms with E-state index in [2.05, 4.69) is 24.1 Å². The number of rotatable bonds is 4. The molecule has 0 heterocycles. The van der Waals surface area contributed by atoms with Crippen LogP contribution in [-0.4, -0.2) is 43.0 Å². The number of nitrogens with zero attached hydrogens (tertiary/aromatic N) is 1. The van der Waals surface area contributed by atoms with Crippen molar-refractivity contribution in [3.8, 4) is 0 Å². The van der Waals surface area contributed by atoms with Crippen molar-refractivity contribution in [2.24, 2.45) is 11.1 Å². The van der Waals surface area contributed by atoms with Crippen molar-refractivity contribution in [3.05, 3.63) is 0 Å². The molecule has 0 aromatic rings. The van der Waals surface area contributed by atoms with Crippen molar-refractivity contribution >= 4 is 5.91 Å². The average molecular weight is 229 g/mol. The minimum Gasteiger partial charge on any atom is -0.353 e. The predicted molar refractivity (Wildman–Crippen MR) is 68.2 cm³/mol. The number of amides is 1. The van der Waals surface area contributed by atoms with Crippen LogP contribution in [-0.2, 0) is 4.79 Å². The van der Waals surface area contributed by atoms with Gasteiger partial charge in [-0.15, -0.1) is 0 Å². The smallest absolute Gasteiger partial charge is 0.237 e. The maximum Gasteiger partial charge on any atom is 0.237 e. The van der Waals surface area contributed by atoms with Crippen LogP contribution in [0.3, 0.4) is 0 Å². The summed E-state index contributed by atoms with van der Waals surface area (Å²) in [4.78, 5) is 13.9. The topological polar surface area (TPSA) is 58.4 Å². The molecule has 0 spiro atoms. The molecule has 0 saturated carbocycles. The van der Waals surface area contributed by atoms with Crippen LogP contribution in [0.1, 0.15) is 34.6 Å². The molecule has 3 N–H and O–H groups in total. The summed E-state index contributed by atoms with van der Waals surface area (Å²) in [6.07, 6.45) is 0. The Morgan fingerprint density at radius 2 is 1.69 bits per heavy atom. The van der Waals surface area contributed by atoms with Crippen molar-refractivity contribution in [1.82, 2.24) is 10.2 Å². The number of likely N-dealkylation sites (N-methyl/N-ethyl adjacent to an activating group) is 1. The quantitative estimate of drug-likeness (QED) is 0.750. The van der Waals surface area contributed by atoms with Gasteiger partial charge >= 0.3 is 0 Å². The van der Waals surface area contributed by atoms with Crippen LogP contribution < -0.4 is 11.1 Å². The highest BCUT2D eigenvalue weighted by molar-refractivity contribution is 5.82. The standard InChI is InChI=1S/C12H27N3O/c1-11(2,3)9(13)10(16)14-8-12(4,5)15(6)7/h9H,8,13H2,1-7H3,(H,14,16)/t9-/m1/s1. The zero-order valence-electron chi connectivity index (χ0n) is 11.7. The lowest BCUT2D eigenvalue weighted by Gasteiger charge is -2.34. The van der Waals surface area contributed by atoms with E-state index in [1.165, 1.54) is 0 Å². The van der Waals surface area contributed by atoms with Crippen molar-refractivity contribution in [2.75, 3.05) is 20.6 Å². The minimum absolute atomic E-state index is 0.0622. The van der Waals surface area contributed by atoms with Crippen LogP contribution in [0.25, 0.3) is 0 Å². The highest BCUT2D eigenvalue weighted by atomic mass is 16.2. The normalized spacial score (nSPS) is 15.1. The van der Waals surface area contributed by atoms with Gasteiger partial charge in [-0.05, 0) is 33.4 Å². The maximum absolute atomic E-state index is 11.8. The van der Waals surface area contributed by atoms with E-state index >= 15 is 0 Å². The molecule has 0 bridgehead atoms. The summed E-state index contributed by atoms with van der Waals surface area (Å²) in [5, 5.41) is 2.90. The average Bonchev–Trinajstić information content (AvgIpc) is 2.11. The fraction of sp³-hybridized carbons (Fsp3) is 0.917. The molecule has 0 rings (SSSR count). The van der Waals surface area contributed by atoms with E-state index in [4.69, 9.17) is 5.73 Å². The van der Waals surface area contributed by atoms with Gasteiger partial charge in [0.25, 0.3) is 0 Å². The van der Waals surface area contributed by atoms with Crippen LogP contribution in [0.2, 0.25) is 0 Å². The molecule has 0 unspecified atom stereocenters. The van der Waals surface area contributed by atoms with E-state index in [-0.39, 0.29) is 16.9 Å². The zero-order chi connectivity index (χ0) is 13.1. The summed E-state index contributed by atoms with van der Waals surface area (Å²) >= 11 is 0. The first kappa shape index (κ1) is 15.4. The molecule has 16 heavy (non-hydrogen) atoms. The SMILES string of the molecule is CN(C)C(C)(C)CNC(=O)[C@@H](N)C(C)(C)C. The monoisotopic (exact) mass is 229 g/mol. The third-order valence-electron chi connectivity index (χ3n) is 3.12. The molecule has 0 aromatic carbocycles. The largest absolute Gasteiger partial charge is 0.353 e. The van der Waals surface area contributed by atoms with Gasteiger partial charge in [-0.25, -0.2) is 0 Å². The lowest BCUT2D eigenvalue weighted by atomic mass is 9.87. The molecule has 96 valence electrons. The lowest BCUT2D eigenvalue weighted by molar-refractivity contribution is -0.125. The number of nitrogens with two attached hydrogens (primary N) is 1. The van der Waals surface area contributed by atoms with Gasteiger partial charge in [-0.2, -0.15) is 0 Å². The Labute approximate surface area is 99.6 Å². The Bertz CT molecular complexity index is 241. The molecule has 0 aliphatic carbocycles. The molecule has 0 fully saturated rings. The van der Waals surface area contributed by atoms with Gasteiger partial charge in [0.15, 0.2) is 0 Å². The Kier molecular flexibility index (Phi) is 4.95. The van der Waals surface area contributed by atoms with Gasteiger partial charge < -0.3 is 16.0 Å². The highest BCUT2D eigenvalue weighted by Gasteiger charge is 2.29. The second-order valence-corrected chi connectivity index (χ2v) is 6.27. The maximum atomic E-state index is 11.8. The van der Waals surface area contributed by atoms with E-state index in [9.17, 15) is 4.79 Å². The van der Waals surface area contributed by atoms with Gasteiger partial charge in [0.2, 0.25) is 5.91 Å². The van der Waals surface area contributed by atoms with Crippen molar-refractivity contribution < 1.29 is 4.79 Å². The molecule has 1 atom stereocenters. The minimum atomic E-state index is -0.467. The first-order valence-electron chi connectivity index (χ1n) is 5.69. The number of carbonyl (C=O) groups is 1. The van der Waals surface area contributed by atoms with Crippen LogP contribution in [0.4, 0.5) is 0 Å². The van der Waals surface area contributed by atoms with E-state index in [1.807, 2.05) is 34.9 Å². The van der Waals surface area contributed by atoms with Gasteiger partial charge in [0, 0.05) is 12.1 Å². The van der Waals surface area contributed by atoms with Crippen molar-refractivity contribution in [1.29, 1.82) is 0 Å². The van der Waals surface area contributed by atoms with Crippen LogP contribution in [0, 0.1) is 5.41 Å². The molecule has 4 nitrogen and oxygen atoms in total. The van der Waals surface area contributed by atoms with E-state index in [1.54, 1.807) is 0 Å². The third-order valence-corrected chi connectivity index (χ3v) is 3.12. The molecular weight excluding hydrogens is 202 g/mol. The van der Waals surface area contributed by atoms with E-state index in [0.717, 1.165) is 0 Å². The molecule has 4 heteroatoms. The lowest BCUT2D eigenvalue weighted by Crippen LogP contribution is -2.54. The third kappa shape index (κ3) is 4.49. The molecule has 0 aromatic heterocycles. The number of hydrogen-bond acceptors (Lipinski definition) is 3. The molecular formula is C12H27N3O. The van der Waals surface area contributed by atoms with Gasteiger partial charge in [-0.3, -0.25) is 4.79 Å². The fourth-order valence-corrected chi connectivity index (χ4v) is 0.965. The Morgan fingerprint density at radius 1 is 1.25 bits per heavy atom. The molecule has 0 radical (unpaired) electrons. The van der Waals surface area contributed by atoms with Crippen LogP contribution >= 0.6 is 0 Å². The number of carbonyl (C=O) groups excluding carboxylic acids is 1. The summed E-state index contributed by atoms with van der Waals surface area (Å²) < 4.78 is 0. The first-order valence-corrected chi connectivity index (χ1v) is 5.69. The first-order chi connectivity index (χ1) is 6.98. The summed E-state index contributed by atoms with van der Waals surface area (Å²) in [6, 6.07) is -0.467. The summed E-state index contributed by atoms with van der Waals surface area (Å²) in [7, 11) is 3.99. The molecule has 0 saturated heterocycles. The van der Waals surface area contributed by atoms with Crippen molar-refractivity contribution in [3.63, 3.8) is 0 Å². The van der Waals surface area contributed by atoms with Crippen LogP contribution in [0.5, 0.6) is 0 Å².